The molecule has 1 aliphatic rings. The fraction of sp³-hybridized carbons (Fsp3) is 0.667. The van der Waals surface area contributed by atoms with Crippen molar-refractivity contribution in [3.63, 3.8) is 0 Å². The van der Waals surface area contributed by atoms with E-state index in [1.54, 1.807) is 0 Å². The molecule has 0 amide bonds. The Hall–Kier alpha value is -0.480. The molecule has 1 aliphatic carbocycles. The van der Waals surface area contributed by atoms with Gasteiger partial charge in [-0.2, -0.15) is 0 Å². The molecule has 2 rings (SSSR count). The molecule has 0 saturated heterocycles. The first-order valence-corrected chi connectivity index (χ1v) is 4.11. The highest BCUT2D eigenvalue weighted by Gasteiger charge is 2.28. The van der Waals surface area contributed by atoms with E-state index in [1.165, 1.54) is 24.4 Å². The maximum atomic E-state index is 8.81. The van der Waals surface area contributed by atoms with Crippen LogP contribution in [0.15, 0.2) is 0 Å². The Labute approximate surface area is 62.9 Å². The molecule has 0 bridgehead atoms. The molecule has 3 nitrogen and oxygen atoms in total. The van der Waals surface area contributed by atoms with Gasteiger partial charge in [0.2, 0.25) is 0 Å². The van der Waals surface area contributed by atoms with Crippen molar-refractivity contribution in [1.82, 2.24) is 9.59 Å². The molecule has 0 aromatic carbocycles. The minimum absolute atomic E-state index is 0.101. The van der Waals surface area contributed by atoms with Crippen molar-refractivity contribution in [3.05, 3.63) is 10.6 Å². The van der Waals surface area contributed by atoms with Crippen LogP contribution in [0.25, 0.3) is 0 Å². The van der Waals surface area contributed by atoms with Crippen LogP contribution in [0.2, 0.25) is 0 Å². The zero-order valence-corrected chi connectivity index (χ0v) is 6.27. The molecule has 1 fully saturated rings. The average molecular weight is 156 g/mol. The summed E-state index contributed by atoms with van der Waals surface area (Å²) in [5.74, 6) is 0.612. The zero-order chi connectivity index (χ0) is 6.97. The van der Waals surface area contributed by atoms with Crippen molar-refractivity contribution in [3.8, 4) is 0 Å². The van der Waals surface area contributed by atoms with Gasteiger partial charge in [0.15, 0.2) is 0 Å². The molecule has 54 valence electrons. The maximum Gasteiger partial charge on any atom is 0.0842 e. The Balaban J connectivity index is 2.28. The van der Waals surface area contributed by atoms with Gasteiger partial charge in [-0.15, -0.1) is 5.10 Å². The van der Waals surface area contributed by atoms with Gasteiger partial charge in [-0.05, 0) is 24.4 Å². The zero-order valence-electron chi connectivity index (χ0n) is 5.45. The lowest BCUT2D eigenvalue weighted by Crippen LogP contribution is -1.86. The number of aromatic nitrogens is 2. The molecular formula is C6H8N2OS. The van der Waals surface area contributed by atoms with Crippen LogP contribution < -0.4 is 0 Å². The fourth-order valence-corrected chi connectivity index (χ4v) is 1.58. The first-order chi connectivity index (χ1) is 4.92. The van der Waals surface area contributed by atoms with Gasteiger partial charge < -0.3 is 5.11 Å². The van der Waals surface area contributed by atoms with E-state index >= 15 is 0 Å². The van der Waals surface area contributed by atoms with Crippen LogP contribution in [0.3, 0.4) is 0 Å². The van der Waals surface area contributed by atoms with Crippen LogP contribution in [0, 0.1) is 0 Å². The van der Waals surface area contributed by atoms with Gasteiger partial charge in [0.25, 0.3) is 0 Å². The van der Waals surface area contributed by atoms with E-state index < -0.39 is 0 Å². The van der Waals surface area contributed by atoms with Crippen molar-refractivity contribution >= 4 is 11.5 Å². The molecule has 0 aliphatic heterocycles. The summed E-state index contributed by atoms with van der Waals surface area (Å²) < 4.78 is 3.79. The van der Waals surface area contributed by atoms with Crippen molar-refractivity contribution in [2.24, 2.45) is 0 Å². The van der Waals surface area contributed by atoms with E-state index in [-0.39, 0.29) is 6.61 Å². The normalized spacial score (nSPS) is 17.7. The highest BCUT2D eigenvalue weighted by atomic mass is 32.1. The van der Waals surface area contributed by atoms with Gasteiger partial charge in [0.05, 0.1) is 17.2 Å². The smallest absolute Gasteiger partial charge is 0.0842 e. The molecule has 1 aromatic heterocycles. The van der Waals surface area contributed by atoms with Gasteiger partial charge in [-0.1, -0.05) is 4.49 Å². The minimum atomic E-state index is 0.101. The highest BCUT2D eigenvalue weighted by molar-refractivity contribution is 7.05. The van der Waals surface area contributed by atoms with Crippen LogP contribution in [0.5, 0.6) is 0 Å². The highest BCUT2D eigenvalue weighted by Crippen LogP contribution is 2.41. The number of hydrogen-bond donors (Lipinski definition) is 1. The summed E-state index contributed by atoms with van der Waals surface area (Å²) in [5, 5.41) is 12.8. The molecule has 0 spiro atoms. The van der Waals surface area contributed by atoms with E-state index in [9.17, 15) is 0 Å². The van der Waals surface area contributed by atoms with Crippen LogP contribution in [0.4, 0.5) is 0 Å². The van der Waals surface area contributed by atoms with Crippen molar-refractivity contribution in [2.45, 2.75) is 25.4 Å². The van der Waals surface area contributed by atoms with Gasteiger partial charge in [0.1, 0.15) is 0 Å². The second kappa shape index (κ2) is 2.29. The minimum Gasteiger partial charge on any atom is -0.391 e. The van der Waals surface area contributed by atoms with Crippen molar-refractivity contribution in [1.29, 1.82) is 0 Å². The van der Waals surface area contributed by atoms with Crippen LogP contribution in [-0.2, 0) is 6.61 Å². The monoisotopic (exact) mass is 156 g/mol. The van der Waals surface area contributed by atoms with Crippen LogP contribution >= 0.6 is 11.5 Å². The molecule has 1 saturated carbocycles. The number of hydrogen-bond acceptors (Lipinski definition) is 4. The summed E-state index contributed by atoms with van der Waals surface area (Å²) >= 11 is 1.31. The molecular weight excluding hydrogens is 148 g/mol. The topological polar surface area (TPSA) is 46.0 Å². The Morgan fingerprint density at radius 1 is 1.60 bits per heavy atom. The number of aliphatic hydroxyl groups is 1. The quantitative estimate of drug-likeness (QED) is 0.692. The van der Waals surface area contributed by atoms with E-state index in [0.717, 1.165) is 10.6 Å². The first kappa shape index (κ1) is 6.24. The Morgan fingerprint density at radius 2 is 2.40 bits per heavy atom. The molecule has 0 radical (unpaired) electrons. The third-order valence-corrected chi connectivity index (χ3v) is 2.41. The third kappa shape index (κ3) is 0.932. The predicted octanol–water partition coefficient (Wildman–Crippen LogP) is 0.908. The molecule has 1 heterocycles. The molecule has 1 aromatic rings. The van der Waals surface area contributed by atoms with Crippen molar-refractivity contribution in [2.75, 3.05) is 0 Å². The standard InChI is InChI=1S/C6H8N2OS/c9-3-5-6(4-1-2-4)7-8-10-5/h4,9H,1-3H2. The molecule has 4 heteroatoms. The Kier molecular flexibility index (Phi) is 1.43. The molecule has 0 unspecified atom stereocenters. The first-order valence-electron chi connectivity index (χ1n) is 3.34. The Morgan fingerprint density at radius 3 is 3.00 bits per heavy atom. The number of aliphatic hydroxyl groups excluding tert-OH is 1. The fourth-order valence-electron chi connectivity index (χ4n) is 0.992. The maximum absolute atomic E-state index is 8.81. The summed E-state index contributed by atoms with van der Waals surface area (Å²) in [4.78, 5) is 0.947. The van der Waals surface area contributed by atoms with E-state index in [2.05, 4.69) is 9.59 Å². The van der Waals surface area contributed by atoms with E-state index in [1.807, 2.05) is 0 Å². The molecule has 0 atom stereocenters. The van der Waals surface area contributed by atoms with Crippen LogP contribution in [0.1, 0.15) is 29.3 Å². The lowest BCUT2D eigenvalue weighted by Gasteiger charge is -1.90. The second-order valence-corrected chi connectivity index (χ2v) is 3.35. The predicted molar refractivity (Wildman–Crippen MR) is 37.8 cm³/mol. The van der Waals surface area contributed by atoms with Crippen molar-refractivity contribution < 1.29 is 5.11 Å². The molecule has 1 N–H and O–H groups in total. The Bertz CT molecular complexity index is 231. The van der Waals surface area contributed by atoms with E-state index in [0.29, 0.717) is 5.92 Å². The van der Waals surface area contributed by atoms with Gasteiger partial charge >= 0.3 is 0 Å². The van der Waals surface area contributed by atoms with Gasteiger partial charge in [-0.3, -0.25) is 0 Å². The number of rotatable bonds is 2. The summed E-state index contributed by atoms with van der Waals surface area (Å²) in [5.41, 5.74) is 1.03. The van der Waals surface area contributed by atoms with Crippen LogP contribution in [-0.4, -0.2) is 14.7 Å². The van der Waals surface area contributed by atoms with E-state index in [4.69, 9.17) is 5.11 Å². The largest absolute Gasteiger partial charge is 0.391 e. The lowest BCUT2D eigenvalue weighted by atomic mass is 10.3. The SMILES string of the molecule is OCc1snnc1C1CC1. The third-order valence-electron chi connectivity index (χ3n) is 1.69. The second-order valence-electron chi connectivity index (χ2n) is 2.51. The molecule has 10 heavy (non-hydrogen) atoms. The summed E-state index contributed by atoms with van der Waals surface area (Å²) in [7, 11) is 0. The summed E-state index contributed by atoms with van der Waals surface area (Å²) in [6, 6.07) is 0. The van der Waals surface area contributed by atoms with Gasteiger partial charge in [-0.25, -0.2) is 0 Å². The van der Waals surface area contributed by atoms with Gasteiger partial charge in [0, 0.05) is 5.92 Å². The lowest BCUT2D eigenvalue weighted by molar-refractivity contribution is 0.284. The number of nitrogens with zero attached hydrogens (tertiary/aromatic N) is 2. The average Bonchev–Trinajstić information content (AvgIpc) is 2.69. The summed E-state index contributed by atoms with van der Waals surface area (Å²) in [6.45, 7) is 0.101. The summed E-state index contributed by atoms with van der Waals surface area (Å²) in [6.07, 6.45) is 2.44.